The lowest BCUT2D eigenvalue weighted by Gasteiger charge is -2.27. The lowest BCUT2D eigenvalue weighted by molar-refractivity contribution is -0.122. The van der Waals surface area contributed by atoms with Crippen LogP contribution in [0.3, 0.4) is 0 Å². The molecule has 2 aromatic heterocycles. The second kappa shape index (κ2) is 4.87. The fraction of sp³-hybridized carbons (Fsp3) is 0.462. The summed E-state index contributed by atoms with van der Waals surface area (Å²) in [4.78, 5) is 15.6. The summed E-state index contributed by atoms with van der Waals surface area (Å²) in [7, 11) is 0. The third kappa shape index (κ3) is 2.52. The molecule has 1 aliphatic carbocycles. The van der Waals surface area contributed by atoms with Crippen LogP contribution in [0.25, 0.3) is 5.65 Å². The smallest absolute Gasteiger partial charge is 0.220 e. The molecule has 0 aliphatic heterocycles. The number of hydrogen-bond donors (Lipinski definition) is 2. The molecule has 1 aliphatic rings. The van der Waals surface area contributed by atoms with Gasteiger partial charge in [-0.1, -0.05) is 0 Å². The molecule has 0 spiro atoms. The molecule has 1 fully saturated rings. The van der Waals surface area contributed by atoms with Gasteiger partial charge in [0.15, 0.2) is 5.65 Å². The van der Waals surface area contributed by atoms with Crippen LogP contribution in [0.1, 0.15) is 25.7 Å². The summed E-state index contributed by atoms with van der Waals surface area (Å²) in [5, 5.41) is 7.53. The molecule has 1 saturated carbocycles. The van der Waals surface area contributed by atoms with E-state index < -0.39 is 0 Å². The average molecular weight is 259 g/mol. The largest absolute Gasteiger partial charge is 0.369 e. The van der Waals surface area contributed by atoms with Crippen molar-refractivity contribution in [3.63, 3.8) is 0 Å². The zero-order chi connectivity index (χ0) is 13.2. The number of carbonyl (C=O) groups excluding carboxylic acids is 1. The van der Waals surface area contributed by atoms with Gasteiger partial charge in [0, 0.05) is 24.2 Å². The van der Waals surface area contributed by atoms with E-state index in [0.29, 0.717) is 6.04 Å². The number of primary amides is 1. The van der Waals surface area contributed by atoms with Crippen LogP contribution in [0.5, 0.6) is 0 Å². The third-order valence-corrected chi connectivity index (χ3v) is 3.74. The molecule has 0 unspecified atom stereocenters. The van der Waals surface area contributed by atoms with Crippen molar-refractivity contribution in [3.05, 3.63) is 24.5 Å². The number of nitrogens with zero attached hydrogens (tertiary/aromatic N) is 3. The molecule has 3 N–H and O–H groups in total. The highest BCUT2D eigenvalue weighted by Crippen LogP contribution is 2.25. The Balaban J connectivity index is 1.64. The molecule has 0 atom stereocenters. The van der Waals surface area contributed by atoms with Crippen LogP contribution in [0, 0.1) is 5.92 Å². The minimum Gasteiger partial charge on any atom is -0.369 e. The monoisotopic (exact) mass is 259 g/mol. The zero-order valence-electron chi connectivity index (χ0n) is 10.6. The molecule has 2 heterocycles. The number of amides is 1. The van der Waals surface area contributed by atoms with E-state index in [1.165, 1.54) is 0 Å². The Labute approximate surface area is 111 Å². The third-order valence-electron chi connectivity index (χ3n) is 3.74. The summed E-state index contributed by atoms with van der Waals surface area (Å²) >= 11 is 0. The number of nitrogens with one attached hydrogen (secondary N) is 1. The van der Waals surface area contributed by atoms with Crippen molar-refractivity contribution in [1.82, 2.24) is 14.6 Å². The molecule has 2 aromatic rings. The van der Waals surface area contributed by atoms with E-state index in [1.54, 1.807) is 10.7 Å². The van der Waals surface area contributed by atoms with Gasteiger partial charge in [0.2, 0.25) is 5.91 Å². The highest BCUT2D eigenvalue weighted by Gasteiger charge is 2.24. The van der Waals surface area contributed by atoms with Gasteiger partial charge in [-0.2, -0.15) is 5.10 Å². The van der Waals surface area contributed by atoms with Gasteiger partial charge < -0.3 is 11.1 Å². The van der Waals surface area contributed by atoms with Crippen LogP contribution in [0.15, 0.2) is 24.5 Å². The number of nitrogens with two attached hydrogens (primary N) is 1. The summed E-state index contributed by atoms with van der Waals surface area (Å²) in [6, 6.07) is 4.16. The minimum atomic E-state index is -0.169. The van der Waals surface area contributed by atoms with Crippen molar-refractivity contribution >= 4 is 17.4 Å². The maximum atomic E-state index is 11.1. The Bertz CT molecular complexity index is 585. The first-order valence-corrected chi connectivity index (χ1v) is 6.58. The molecule has 0 saturated heterocycles. The van der Waals surface area contributed by atoms with Gasteiger partial charge in [-0.3, -0.25) is 4.79 Å². The summed E-state index contributed by atoms with van der Waals surface area (Å²) in [6.07, 6.45) is 7.26. The second-order valence-corrected chi connectivity index (χ2v) is 5.04. The van der Waals surface area contributed by atoms with Crippen molar-refractivity contribution in [2.24, 2.45) is 11.7 Å². The minimum absolute atomic E-state index is 0.0447. The van der Waals surface area contributed by atoms with Gasteiger partial charge >= 0.3 is 0 Å². The maximum absolute atomic E-state index is 11.1. The first-order valence-electron chi connectivity index (χ1n) is 6.58. The van der Waals surface area contributed by atoms with E-state index in [9.17, 15) is 4.79 Å². The summed E-state index contributed by atoms with van der Waals surface area (Å²) in [6.45, 7) is 0. The Kier molecular flexibility index (Phi) is 3.06. The Hall–Kier alpha value is -2.11. The summed E-state index contributed by atoms with van der Waals surface area (Å²) in [5.74, 6) is 0.732. The lowest BCUT2D eigenvalue weighted by Crippen LogP contribution is -2.32. The van der Waals surface area contributed by atoms with Crippen molar-refractivity contribution in [2.45, 2.75) is 31.7 Å². The lowest BCUT2D eigenvalue weighted by atomic mass is 9.85. The molecular weight excluding hydrogens is 242 g/mol. The standard InChI is InChI=1S/C13H17N5O/c14-13(19)9-1-3-10(4-2-9)16-11-6-8-18-12(17-11)5-7-15-18/h5-10H,1-4H2,(H2,14,19)(H,16,17). The van der Waals surface area contributed by atoms with E-state index >= 15 is 0 Å². The average Bonchev–Trinajstić information content (AvgIpc) is 2.87. The maximum Gasteiger partial charge on any atom is 0.220 e. The second-order valence-electron chi connectivity index (χ2n) is 5.04. The molecule has 6 nitrogen and oxygen atoms in total. The number of carbonyl (C=O) groups is 1. The normalized spacial score (nSPS) is 23.4. The molecule has 100 valence electrons. The molecule has 19 heavy (non-hydrogen) atoms. The topological polar surface area (TPSA) is 85.3 Å². The predicted octanol–water partition coefficient (Wildman–Crippen LogP) is 1.19. The van der Waals surface area contributed by atoms with Crippen molar-refractivity contribution < 1.29 is 4.79 Å². The van der Waals surface area contributed by atoms with Crippen molar-refractivity contribution in [1.29, 1.82) is 0 Å². The quantitative estimate of drug-likeness (QED) is 0.867. The van der Waals surface area contributed by atoms with Crippen LogP contribution >= 0.6 is 0 Å². The van der Waals surface area contributed by atoms with Gasteiger partial charge in [-0.15, -0.1) is 0 Å². The SMILES string of the molecule is NC(=O)C1CCC(Nc2ccn3nccc3n2)CC1. The molecular formula is C13H17N5O. The molecule has 0 bridgehead atoms. The fourth-order valence-electron chi connectivity index (χ4n) is 2.62. The highest BCUT2D eigenvalue weighted by atomic mass is 16.1. The van der Waals surface area contributed by atoms with Crippen LogP contribution in [-0.4, -0.2) is 26.5 Å². The van der Waals surface area contributed by atoms with Crippen molar-refractivity contribution in [3.8, 4) is 0 Å². The number of anilines is 1. The first kappa shape index (κ1) is 12.0. The van der Waals surface area contributed by atoms with Crippen LogP contribution in [0.2, 0.25) is 0 Å². The van der Waals surface area contributed by atoms with Crippen LogP contribution in [0.4, 0.5) is 5.82 Å². The molecule has 1 amide bonds. The first-order chi connectivity index (χ1) is 9.22. The summed E-state index contributed by atoms with van der Waals surface area (Å²) < 4.78 is 1.73. The number of rotatable bonds is 3. The highest BCUT2D eigenvalue weighted by molar-refractivity contribution is 5.76. The Morgan fingerprint density at radius 2 is 2.11 bits per heavy atom. The molecule has 0 aromatic carbocycles. The van der Waals surface area contributed by atoms with Gasteiger partial charge in [-0.05, 0) is 31.7 Å². The Morgan fingerprint density at radius 1 is 1.32 bits per heavy atom. The van der Waals surface area contributed by atoms with Crippen LogP contribution < -0.4 is 11.1 Å². The number of hydrogen-bond acceptors (Lipinski definition) is 4. The van der Waals surface area contributed by atoms with E-state index in [1.807, 2.05) is 18.3 Å². The Morgan fingerprint density at radius 3 is 2.84 bits per heavy atom. The fourth-order valence-corrected chi connectivity index (χ4v) is 2.62. The van der Waals surface area contributed by atoms with Gasteiger partial charge in [0.05, 0.1) is 6.20 Å². The van der Waals surface area contributed by atoms with Gasteiger partial charge in [-0.25, -0.2) is 9.50 Å². The van der Waals surface area contributed by atoms with E-state index in [-0.39, 0.29) is 11.8 Å². The molecule has 0 radical (unpaired) electrons. The van der Waals surface area contributed by atoms with E-state index in [2.05, 4.69) is 15.4 Å². The van der Waals surface area contributed by atoms with Gasteiger partial charge in [0.1, 0.15) is 5.82 Å². The van der Waals surface area contributed by atoms with Crippen LogP contribution in [-0.2, 0) is 4.79 Å². The zero-order valence-corrected chi connectivity index (χ0v) is 10.6. The number of fused-ring (bicyclic) bond motifs is 1. The van der Waals surface area contributed by atoms with Gasteiger partial charge in [0.25, 0.3) is 0 Å². The van der Waals surface area contributed by atoms with E-state index in [4.69, 9.17) is 5.73 Å². The molecule has 6 heteroatoms. The van der Waals surface area contributed by atoms with Crippen molar-refractivity contribution in [2.75, 3.05) is 5.32 Å². The summed E-state index contributed by atoms with van der Waals surface area (Å²) in [5.41, 5.74) is 6.16. The van der Waals surface area contributed by atoms with E-state index in [0.717, 1.165) is 37.1 Å². The predicted molar refractivity (Wildman–Crippen MR) is 71.6 cm³/mol. The number of aromatic nitrogens is 3. The molecule has 3 rings (SSSR count).